The molecule has 1 aliphatic rings. The summed E-state index contributed by atoms with van der Waals surface area (Å²) in [5.41, 5.74) is 1.73. The van der Waals surface area contributed by atoms with Crippen molar-refractivity contribution in [3.8, 4) is 0 Å². The first-order chi connectivity index (χ1) is 10.9. The first-order valence-electron chi connectivity index (χ1n) is 7.31. The second kappa shape index (κ2) is 5.69. The third-order valence-corrected chi connectivity index (χ3v) is 3.86. The largest absolute Gasteiger partial charge is 0.370 e. The fourth-order valence-electron chi connectivity index (χ4n) is 2.75. The molecule has 4 rings (SSSR count). The summed E-state index contributed by atoms with van der Waals surface area (Å²) in [5, 5.41) is 7.86. The molecule has 22 heavy (non-hydrogen) atoms. The number of pyridine rings is 1. The van der Waals surface area contributed by atoms with Gasteiger partial charge < -0.3 is 9.64 Å². The summed E-state index contributed by atoms with van der Waals surface area (Å²) in [7, 11) is 0. The second-order valence-corrected chi connectivity index (χ2v) is 5.32. The minimum Gasteiger partial charge on any atom is -0.370 e. The Morgan fingerprint density at radius 3 is 3.18 bits per heavy atom. The third-order valence-electron chi connectivity index (χ3n) is 3.86. The summed E-state index contributed by atoms with van der Waals surface area (Å²) in [4.78, 5) is 15.1. The fraction of sp³-hybridized carbons (Fsp3) is 0.333. The predicted octanol–water partition coefficient (Wildman–Crippen LogP) is 1.54. The van der Waals surface area contributed by atoms with Crippen molar-refractivity contribution in [2.45, 2.75) is 19.1 Å². The number of rotatable bonds is 4. The molecule has 4 heterocycles. The van der Waals surface area contributed by atoms with E-state index in [0.29, 0.717) is 6.61 Å². The van der Waals surface area contributed by atoms with E-state index in [1.165, 1.54) is 0 Å². The van der Waals surface area contributed by atoms with Crippen LogP contribution in [-0.2, 0) is 11.3 Å². The molecule has 0 bridgehead atoms. The van der Waals surface area contributed by atoms with Crippen LogP contribution in [0, 0.1) is 0 Å². The Hall–Kier alpha value is -2.54. The number of aromatic nitrogens is 5. The number of hydrogen-bond acceptors (Lipinski definition) is 6. The molecule has 0 radical (unpaired) electrons. The van der Waals surface area contributed by atoms with Crippen LogP contribution in [0.1, 0.15) is 12.1 Å². The highest BCUT2D eigenvalue weighted by atomic mass is 16.5. The van der Waals surface area contributed by atoms with Crippen molar-refractivity contribution >= 4 is 16.9 Å². The van der Waals surface area contributed by atoms with E-state index in [9.17, 15) is 0 Å². The molecule has 1 atom stereocenters. The number of nitrogens with zero attached hydrogens (tertiary/aromatic N) is 5. The molecule has 0 aromatic carbocycles. The predicted molar refractivity (Wildman–Crippen MR) is 81.3 cm³/mol. The second-order valence-electron chi connectivity index (χ2n) is 5.32. The number of nitrogens with one attached hydrogen (secondary N) is 1. The fourth-order valence-corrected chi connectivity index (χ4v) is 2.75. The zero-order valence-electron chi connectivity index (χ0n) is 12.0. The van der Waals surface area contributed by atoms with Gasteiger partial charge in [0.2, 0.25) is 0 Å². The summed E-state index contributed by atoms with van der Waals surface area (Å²) < 4.78 is 5.96. The first kappa shape index (κ1) is 13.1. The lowest BCUT2D eigenvalue weighted by Gasteiger charge is -2.17. The molecule has 0 spiro atoms. The van der Waals surface area contributed by atoms with E-state index in [0.717, 1.165) is 42.1 Å². The van der Waals surface area contributed by atoms with Gasteiger partial charge in [-0.05, 0) is 18.6 Å². The number of anilines is 1. The van der Waals surface area contributed by atoms with Crippen LogP contribution in [-0.4, -0.2) is 44.3 Å². The molecule has 1 fully saturated rings. The van der Waals surface area contributed by atoms with Crippen LogP contribution in [0.25, 0.3) is 11.0 Å². The van der Waals surface area contributed by atoms with Crippen molar-refractivity contribution in [2.75, 3.05) is 18.0 Å². The molecule has 1 saturated heterocycles. The summed E-state index contributed by atoms with van der Waals surface area (Å²) >= 11 is 0. The highest BCUT2D eigenvalue weighted by molar-refractivity contribution is 5.86. The zero-order chi connectivity index (χ0) is 14.8. The standard InChI is InChI=1S/C15H16N6O/c1-2-5-16-11(3-1)9-22-12-4-6-21(8-12)15-13-7-19-20-14(13)17-10-18-15/h1-3,5,7,10,12H,4,6,8-9H2,(H,17,18,19,20). The maximum atomic E-state index is 5.96. The lowest BCUT2D eigenvalue weighted by Crippen LogP contribution is -2.24. The third kappa shape index (κ3) is 2.50. The van der Waals surface area contributed by atoms with Crippen molar-refractivity contribution in [1.82, 2.24) is 25.1 Å². The van der Waals surface area contributed by atoms with Gasteiger partial charge in [0.15, 0.2) is 5.65 Å². The smallest absolute Gasteiger partial charge is 0.160 e. The number of H-pyrrole nitrogens is 1. The quantitative estimate of drug-likeness (QED) is 0.786. The van der Waals surface area contributed by atoms with Gasteiger partial charge in [0, 0.05) is 19.3 Å². The average Bonchev–Trinajstić information content (AvgIpc) is 3.22. The van der Waals surface area contributed by atoms with Crippen LogP contribution in [0.15, 0.2) is 36.9 Å². The molecular formula is C15H16N6O. The topological polar surface area (TPSA) is 79.8 Å². The van der Waals surface area contributed by atoms with E-state index in [4.69, 9.17) is 4.74 Å². The first-order valence-corrected chi connectivity index (χ1v) is 7.31. The van der Waals surface area contributed by atoms with Gasteiger partial charge in [0.25, 0.3) is 0 Å². The number of hydrogen-bond donors (Lipinski definition) is 1. The molecule has 0 saturated carbocycles. The molecule has 112 valence electrons. The van der Waals surface area contributed by atoms with Gasteiger partial charge in [-0.1, -0.05) is 6.07 Å². The maximum absolute atomic E-state index is 5.96. The van der Waals surface area contributed by atoms with E-state index in [-0.39, 0.29) is 6.10 Å². The highest BCUT2D eigenvalue weighted by Gasteiger charge is 2.25. The summed E-state index contributed by atoms with van der Waals surface area (Å²) in [6.45, 7) is 2.29. The summed E-state index contributed by atoms with van der Waals surface area (Å²) in [6.07, 6.45) is 6.30. The van der Waals surface area contributed by atoms with Crippen LogP contribution < -0.4 is 4.90 Å². The van der Waals surface area contributed by atoms with Crippen molar-refractivity contribution in [1.29, 1.82) is 0 Å². The molecule has 3 aromatic rings. The van der Waals surface area contributed by atoms with Gasteiger partial charge in [-0.3, -0.25) is 10.1 Å². The number of aromatic amines is 1. The summed E-state index contributed by atoms with van der Waals surface area (Å²) in [5.74, 6) is 0.919. The molecule has 1 aliphatic heterocycles. The van der Waals surface area contributed by atoms with Crippen LogP contribution in [0.5, 0.6) is 0 Å². The minimum atomic E-state index is 0.193. The van der Waals surface area contributed by atoms with Gasteiger partial charge in [0.1, 0.15) is 12.1 Å². The van der Waals surface area contributed by atoms with Gasteiger partial charge in [-0.15, -0.1) is 0 Å². The van der Waals surface area contributed by atoms with Crippen LogP contribution in [0.4, 0.5) is 5.82 Å². The normalized spacial score (nSPS) is 18.2. The van der Waals surface area contributed by atoms with E-state index >= 15 is 0 Å². The monoisotopic (exact) mass is 296 g/mol. The lowest BCUT2D eigenvalue weighted by molar-refractivity contribution is 0.0533. The SMILES string of the molecule is c1ccc(COC2CCN(c3ncnc4[nH]ncc34)C2)nc1. The Balaban J connectivity index is 1.43. The average molecular weight is 296 g/mol. The van der Waals surface area contributed by atoms with Crippen molar-refractivity contribution in [2.24, 2.45) is 0 Å². The molecular weight excluding hydrogens is 280 g/mol. The Kier molecular flexibility index (Phi) is 3.40. The Morgan fingerprint density at radius 2 is 2.27 bits per heavy atom. The van der Waals surface area contributed by atoms with E-state index in [1.54, 1.807) is 18.7 Å². The molecule has 0 amide bonds. The molecule has 1 N–H and O–H groups in total. The lowest BCUT2D eigenvalue weighted by atomic mass is 10.3. The Bertz CT molecular complexity index is 759. The van der Waals surface area contributed by atoms with E-state index < -0.39 is 0 Å². The molecule has 7 heteroatoms. The zero-order valence-corrected chi connectivity index (χ0v) is 12.0. The van der Waals surface area contributed by atoms with Gasteiger partial charge >= 0.3 is 0 Å². The van der Waals surface area contributed by atoms with Gasteiger partial charge in [-0.25, -0.2) is 9.97 Å². The van der Waals surface area contributed by atoms with Crippen molar-refractivity contribution < 1.29 is 4.74 Å². The van der Waals surface area contributed by atoms with E-state index in [1.807, 2.05) is 18.2 Å². The highest BCUT2D eigenvalue weighted by Crippen LogP contribution is 2.25. The van der Waals surface area contributed by atoms with Crippen LogP contribution >= 0.6 is 0 Å². The summed E-state index contributed by atoms with van der Waals surface area (Å²) in [6, 6.07) is 5.86. The number of fused-ring (bicyclic) bond motifs is 1. The Morgan fingerprint density at radius 1 is 1.27 bits per heavy atom. The van der Waals surface area contributed by atoms with Crippen LogP contribution in [0.3, 0.4) is 0 Å². The van der Waals surface area contributed by atoms with Gasteiger partial charge in [-0.2, -0.15) is 5.10 Å². The minimum absolute atomic E-state index is 0.193. The Labute approximate surface area is 127 Å². The molecule has 3 aromatic heterocycles. The molecule has 1 unspecified atom stereocenters. The van der Waals surface area contributed by atoms with Crippen molar-refractivity contribution in [3.63, 3.8) is 0 Å². The van der Waals surface area contributed by atoms with E-state index in [2.05, 4.69) is 30.0 Å². The maximum Gasteiger partial charge on any atom is 0.160 e. The van der Waals surface area contributed by atoms with Crippen molar-refractivity contribution in [3.05, 3.63) is 42.6 Å². The van der Waals surface area contributed by atoms with Gasteiger partial charge in [0.05, 0.1) is 30.0 Å². The molecule has 7 nitrogen and oxygen atoms in total. The van der Waals surface area contributed by atoms with Crippen LogP contribution in [0.2, 0.25) is 0 Å². The number of ether oxygens (including phenoxy) is 1. The molecule has 0 aliphatic carbocycles.